The molecule has 92 valence electrons. The van der Waals surface area contributed by atoms with E-state index < -0.39 is 11.8 Å². The van der Waals surface area contributed by atoms with Crippen molar-refractivity contribution in [2.75, 3.05) is 7.11 Å². The van der Waals surface area contributed by atoms with Crippen molar-refractivity contribution in [3.8, 4) is 5.75 Å². The summed E-state index contributed by atoms with van der Waals surface area (Å²) in [6, 6.07) is 0.394. The highest BCUT2D eigenvalue weighted by atomic mass is 35.5. The third-order valence-corrected chi connectivity index (χ3v) is 2.50. The number of urea groups is 1. The van der Waals surface area contributed by atoms with Gasteiger partial charge in [0.05, 0.1) is 18.3 Å². The van der Waals surface area contributed by atoms with Gasteiger partial charge in [0.25, 0.3) is 0 Å². The average Bonchev–Trinajstić information content (AvgIpc) is 2.25. The molecule has 0 aromatic heterocycles. The Morgan fingerprint density at radius 1 is 1.71 bits per heavy atom. The van der Waals surface area contributed by atoms with Crippen molar-refractivity contribution in [3.63, 3.8) is 0 Å². The number of carbonyl (C=O) groups is 1. The van der Waals surface area contributed by atoms with Crippen LogP contribution in [0.25, 0.3) is 0 Å². The van der Waals surface area contributed by atoms with Crippen molar-refractivity contribution >= 4 is 23.8 Å². The predicted molar refractivity (Wildman–Crippen MR) is 63.0 cm³/mol. The van der Waals surface area contributed by atoms with Crippen molar-refractivity contribution in [3.05, 3.63) is 28.0 Å². The first-order valence-electron chi connectivity index (χ1n) is 4.58. The third kappa shape index (κ3) is 3.07. The summed E-state index contributed by atoms with van der Waals surface area (Å²) in [5.41, 5.74) is 7.82. The second-order valence-corrected chi connectivity index (χ2v) is 3.53. The van der Waals surface area contributed by atoms with Gasteiger partial charge < -0.3 is 10.5 Å². The summed E-state index contributed by atoms with van der Waals surface area (Å²) in [6.07, 6.45) is 1.24. The maximum atomic E-state index is 13.5. The van der Waals surface area contributed by atoms with E-state index in [0.29, 0.717) is 11.1 Å². The zero-order valence-electron chi connectivity index (χ0n) is 9.25. The van der Waals surface area contributed by atoms with E-state index in [2.05, 4.69) is 5.10 Å². The van der Waals surface area contributed by atoms with Gasteiger partial charge in [-0.2, -0.15) is 5.10 Å². The van der Waals surface area contributed by atoms with Crippen molar-refractivity contribution in [1.82, 2.24) is 5.43 Å². The quantitative estimate of drug-likeness (QED) is 0.641. The summed E-state index contributed by atoms with van der Waals surface area (Å²) in [6.45, 7) is 1.68. The van der Waals surface area contributed by atoms with Crippen molar-refractivity contribution in [2.24, 2.45) is 10.8 Å². The normalized spacial score (nSPS) is 10.6. The third-order valence-electron chi connectivity index (χ3n) is 2.04. The fourth-order valence-electron chi connectivity index (χ4n) is 1.20. The van der Waals surface area contributed by atoms with E-state index in [1.807, 2.05) is 5.43 Å². The van der Waals surface area contributed by atoms with Crippen LogP contribution in [0.15, 0.2) is 11.2 Å². The fourth-order valence-corrected chi connectivity index (χ4v) is 1.48. The van der Waals surface area contributed by atoms with E-state index in [4.69, 9.17) is 22.1 Å². The molecular weight excluding hydrogens is 249 g/mol. The lowest BCUT2D eigenvalue weighted by molar-refractivity contribution is 0.249. The second kappa shape index (κ2) is 5.49. The van der Waals surface area contributed by atoms with Crippen molar-refractivity contribution < 1.29 is 13.9 Å². The highest BCUT2D eigenvalue weighted by Crippen LogP contribution is 2.32. The topological polar surface area (TPSA) is 76.7 Å². The van der Waals surface area contributed by atoms with Gasteiger partial charge in [-0.15, -0.1) is 0 Å². The predicted octanol–water partition coefficient (Wildman–Crippen LogP) is 1.80. The number of hydrogen-bond donors (Lipinski definition) is 2. The number of hydrogen-bond acceptors (Lipinski definition) is 3. The van der Waals surface area contributed by atoms with Gasteiger partial charge in [-0.25, -0.2) is 14.6 Å². The van der Waals surface area contributed by atoms with E-state index in [1.54, 1.807) is 6.92 Å². The number of nitrogens with one attached hydrogen (secondary N) is 1. The Morgan fingerprint density at radius 2 is 2.35 bits per heavy atom. The van der Waals surface area contributed by atoms with Gasteiger partial charge in [0.15, 0.2) is 11.6 Å². The van der Waals surface area contributed by atoms with Crippen LogP contribution in [0.3, 0.4) is 0 Å². The molecule has 0 aliphatic heterocycles. The molecule has 1 rings (SSSR count). The molecule has 0 aliphatic rings. The first-order valence-corrected chi connectivity index (χ1v) is 4.96. The van der Waals surface area contributed by atoms with Crippen LogP contribution in [0.1, 0.15) is 11.1 Å². The number of primary amides is 1. The van der Waals surface area contributed by atoms with E-state index in [0.717, 1.165) is 0 Å². The van der Waals surface area contributed by atoms with Crippen molar-refractivity contribution in [1.29, 1.82) is 0 Å². The number of rotatable bonds is 3. The molecule has 0 saturated heterocycles. The molecule has 0 spiro atoms. The summed E-state index contributed by atoms with van der Waals surface area (Å²) < 4.78 is 18.3. The maximum Gasteiger partial charge on any atom is 0.332 e. The largest absolute Gasteiger partial charge is 0.492 e. The van der Waals surface area contributed by atoms with Crippen LogP contribution in [0.4, 0.5) is 9.18 Å². The fraction of sp³-hybridized carbons (Fsp3) is 0.200. The van der Waals surface area contributed by atoms with Crippen LogP contribution in [-0.4, -0.2) is 19.4 Å². The van der Waals surface area contributed by atoms with Crippen LogP contribution >= 0.6 is 11.6 Å². The van der Waals surface area contributed by atoms with Gasteiger partial charge in [0.2, 0.25) is 0 Å². The number of amides is 2. The minimum absolute atomic E-state index is 0.0239. The van der Waals surface area contributed by atoms with Crippen LogP contribution < -0.4 is 15.9 Å². The summed E-state index contributed by atoms with van der Waals surface area (Å²) >= 11 is 5.91. The molecule has 3 N–H and O–H groups in total. The standard InChI is InChI=1S/C10H11ClFN3O2/c1-5-6(4-14-15-10(13)16)3-7(12)9(17-2)8(5)11/h3-4H,1-2H3,(H3,13,15,16). The Hall–Kier alpha value is -1.82. The summed E-state index contributed by atoms with van der Waals surface area (Å²) in [4.78, 5) is 10.4. The minimum Gasteiger partial charge on any atom is -0.492 e. The molecule has 0 radical (unpaired) electrons. The smallest absolute Gasteiger partial charge is 0.332 e. The lowest BCUT2D eigenvalue weighted by atomic mass is 10.1. The minimum atomic E-state index is -0.806. The summed E-state index contributed by atoms with van der Waals surface area (Å²) in [5, 5.41) is 3.68. The Bertz CT molecular complexity index is 477. The molecule has 0 atom stereocenters. The number of methoxy groups -OCH3 is 1. The van der Waals surface area contributed by atoms with Crippen LogP contribution in [-0.2, 0) is 0 Å². The van der Waals surface area contributed by atoms with E-state index in [1.165, 1.54) is 19.4 Å². The van der Waals surface area contributed by atoms with Crippen LogP contribution in [0.5, 0.6) is 5.75 Å². The first kappa shape index (κ1) is 13.2. The van der Waals surface area contributed by atoms with Gasteiger partial charge in [-0.1, -0.05) is 11.6 Å². The SMILES string of the molecule is COc1c(F)cc(C=NNC(N)=O)c(C)c1Cl. The molecule has 0 fully saturated rings. The Morgan fingerprint density at radius 3 is 2.88 bits per heavy atom. The molecule has 0 unspecified atom stereocenters. The zero-order valence-corrected chi connectivity index (χ0v) is 10.0. The number of nitrogens with zero attached hydrogens (tertiary/aromatic N) is 1. The highest BCUT2D eigenvalue weighted by molar-refractivity contribution is 6.33. The molecule has 2 amide bonds. The second-order valence-electron chi connectivity index (χ2n) is 3.15. The monoisotopic (exact) mass is 259 g/mol. The molecule has 0 heterocycles. The maximum absolute atomic E-state index is 13.5. The summed E-state index contributed by atoms with van der Waals surface area (Å²) in [7, 11) is 1.33. The number of benzene rings is 1. The molecule has 1 aromatic rings. The Kier molecular flexibility index (Phi) is 4.28. The van der Waals surface area contributed by atoms with Crippen molar-refractivity contribution in [2.45, 2.75) is 6.92 Å². The van der Waals surface area contributed by atoms with E-state index in [-0.39, 0.29) is 10.8 Å². The number of carbonyl (C=O) groups excluding carboxylic acids is 1. The van der Waals surface area contributed by atoms with E-state index in [9.17, 15) is 9.18 Å². The number of hydrazone groups is 1. The molecule has 0 aliphatic carbocycles. The summed E-state index contributed by atoms with van der Waals surface area (Å²) in [5.74, 6) is -0.632. The lowest BCUT2D eigenvalue weighted by Crippen LogP contribution is -2.24. The molecule has 0 bridgehead atoms. The first-order chi connectivity index (χ1) is 7.97. The molecule has 0 saturated carbocycles. The molecule has 17 heavy (non-hydrogen) atoms. The highest BCUT2D eigenvalue weighted by Gasteiger charge is 2.13. The Labute approximate surface area is 102 Å². The zero-order chi connectivity index (χ0) is 13.0. The van der Waals surface area contributed by atoms with Gasteiger partial charge in [-0.3, -0.25) is 0 Å². The van der Waals surface area contributed by atoms with Gasteiger partial charge in [0.1, 0.15) is 0 Å². The van der Waals surface area contributed by atoms with Gasteiger partial charge in [0, 0.05) is 5.56 Å². The number of halogens is 2. The molecule has 7 heteroatoms. The number of nitrogens with two attached hydrogens (primary N) is 1. The molecule has 5 nitrogen and oxygen atoms in total. The molecule has 1 aromatic carbocycles. The average molecular weight is 260 g/mol. The van der Waals surface area contributed by atoms with Crippen LogP contribution in [0, 0.1) is 12.7 Å². The van der Waals surface area contributed by atoms with Gasteiger partial charge in [-0.05, 0) is 18.6 Å². The van der Waals surface area contributed by atoms with E-state index >= 15 is 0 Å². The number of ether oxygens (including phenoxy) is 1. The Balaban J connectivity index is 3.10. The van der Waals surface area contributed by atoms with Gasteiger partial charge >= 0.3 is 6.03 Å². The molecular formula is C10H11ClFN3O2. The lowest BCUT2D eigenvalue weighted by Gasteiger charge is -2.09. The van der Waals surface area contributed by atoms with Crippen LogP contribution in [0.2, 0.25) is 5.02 Å².